The average molecular weight is 368 g/mol. The van der Waals surface area contributed by atoms with Crippen LogP contribution >= 0.6 is 11.3 Å². The first-order valence-corrected chi connectivity index (χ1v) is 10.0. The van der Waals surface area contributed by atoms with Crippen LogP contribution in [-0.2, 0) is 19.4 Å². The predicted molar refractivity (Wildman–Crippen MR) is 111 cm³/mol. The van der Waals surface area contributed by atoms with E-state index in [0.29, 0.717) is 12.1 Å². The molecular weight excluding hydrogens is 341 g/mol. The number of aryl methyl sites for hydroxylation is 2. The maximum absolute atomic E-state index is 13.7. The second kappa shape index (κ2) is 8.50. The second-order valence-corrected chi connectivity index (χ2v) is 8.00. The fourth-order valence-corrected chi connectivity index (χ4v) is 4.79. The average Bonchev–Trinajstić information content (AvgIpc) is 2.98. The molecule has 1 aliphatic carbocycles. The first-order chi connectivity index (χ1) is 12.6. The van der Waals surface area contributed by atoms with Crippen LogP contribution in [0.15, 0.2) is 54.8 Å². The van der Waals surface area contributed by atoms with Gasteiger partial charge in [0.25, 0.3) is 0 Å². The van der Waals surface area contributed by atoms with Gasteiger partial charge in [0.15, 0.2) is 0 Å². The summed E-state index contributed by atoms with van der Waals surface area (Å²) < 4.78 is 13.7. The smallest absolute Gasteiger partial charge is 0.128 e. The van der Waals surface area contributed by atoms with Gasteiger partial charge in [0.2, 0.25) is 0 Å². The van der Waals surface area contributed by atoms with Gasteiger partial charge in [-0.05, 0) is 68.4 Å². The highest BCUT2D eigenvalue weighted by Gasteiger charge is 2.19. The van der Waals surface area contributed by atoms with Crippen LogP contribution in [-0.4, -0.2) is 0 Å². The predicted octanol–water partition coefficient (Wildman–Crippen LogP) is 6.34. The third-order valence-corrected chi connectivity index (χ3v) is 6.08. The van der Waals surface area contributed by atoms with E-state index in [9.17, 15) is 4.39 Å². The molecule has 0 aliphatic heterocycles. The summed E-state index contributed by atoms with van der Waals surface area (Å²) in [6.07, 6.45) is 11.3. The van der Waals surface area contributed by atoms with Crippen molar-refractivity contribution in [2.24, 2.45) is 0 Å². The van der Waals surface area contributed by atoms with E-state index in [2.05, 4.69) is 37.9 Å². The van der Waals surface area contributed by atoms with Gasteiger partial charge in [0.05, 0.1) is 0 Å². The first-order valence-electron chi connectivity index (χ1n) is 9.22. The molecule has 1 aromatic heterocycles. The number of fused-ring (bicyclic) bond motifs is 1. The maximum Gasteiger partial charge on any atom is 0.128 e. The molecule has 0 spiro atoms. The molecule has 1 aromatic carbocycles. The number of hydrogen-bond acceptors (Lipinski definition) is 2. The summed E-state index contributed by atoms with van der Waals surface area (Å²) in [7, 11) is 0. The largest absolute Gasteiger partial charge is 0.381 e. The van der Waals surface area contributed by atoms with Crippen LogP contribution in [0, 0.1) is 12.7 Å². The molecule has 136 valence electrons. The Morgan fingerprint density at radius 1 is 1.23 bits per heavy atom. The van der Waals surface area contributed by atoms with Crippen molar-refractivity contribution >= 4 is 16.9 Å². The summed E-state index contributed by atoms with van der Waals surface area (Å²) in [6, 6.07) is 6.82. The molecule has 2 aromatic rings. The number of halogens is 1. The van der Waals surface area contributed by atoms with Crippen LogP contribution in [0.2, 0.25) is 0 Å². The van der Waals surface area contributed by atoms with E-state index < -0.39 is 0 Å². The van der Waals surface area contributed by atoms with Crippen LogP contribution < -0.4 is 5.32 Å². The summed E-state index contributed by atoms with van der Waals surface area (Å²) in [5, 5.41) is 3.20. The summed E-state index contributed by atoms with van der Waals surface area (Å²) in [4.78, 5) is 2.97. The number of hydrogen-bond donors (Lipinski definition) is 1. The molecule has 0 saturated carbocycles. The number of thiophene rings is 1. The van der Waals surface area contributed by atoms with E-state index in [-0.39, 0.29) is 5.82 Å². The molecule has 0 saturated heterocycles. The molecule has 0 atom stereocenters. The van der Waals surface area contributed by atoms with Crippen molar-refractivity contribution < 1.29 is 4.39 Å². The Morgan fingerprint density at radius 3 is 2.77 bits per heavy atom. The molecule has 0 bridgehead atoms. The Morgan fingerprint density at radius 2 is 2.00 bits per heavy atom. The van der Waals surface area contributed by atoms with Gasteiger partial charge in [0, 0.05) is 27.6 Å². The summed E-state index contributed by atoms with van der Waals surface area (Å²) >= 11 is 1.95. The van der Waals surface area contributed by atoms with Gasteiger partial charge < -0.3 is 5.32 Å². The SMILES string of the molecule is C=C(/C=C\C(=C/C)c1c(C)sc2c1CCCC2)NCc1ccccc1F. The van der Waals surface area contributed by atoms with Crippen molar-refractivity contribution in [3.8, 4) is 0 Å². The van der Waals surface area contributed by atoms with Crippen molar-refractivity contribution in [1.29, 1.82) is 0 Å². The Hall–Kier alpha value is -2.13. The third-order valence-electron chi connectivity index (χ3n) is 4.87. The molecular formula is C23H26FNS. The quantitative estimate of drug-likeness (QED) is 0.588. The van der Waals surface area contributed by atoms with E-state index >= 15 is 0 Å². The lowest BCUT2D eigenvalue weighted by Gasteiger charge is -2.14. The number of benzene rings is 1. The van der Waals surface area contributed by atoms with Crippen LogP contribution in [0.4, 0.5) is 4.39 Å². The van der Waals surface area contributed by atoms with E-state index in [1.807, 2.05) is 23.5 Å². The van der Waals surface area contributed by atoms with Crippen LogP contribution in [0.3, 0.4) is 0 Å². The van der Waals surface area contributed by atoms with Crippen molar-refractivity contribution in [2.75, 3.05) is 0 Å². The van der Waals surface area contributed by atoms with E-state index in [1.165, 1.54) is 47.8 Å². The third kappa shape index (κ3) is 4.16. The highest BCUT2D eigenvalue weighted by Crippen LogP contribution is 2.38. The molecule has 3 rings (SSSR count). The van der Waals surface area contributed by atoms with Gasteiger partial charge in [-0.25, -0.2) is 4.39 Å². The molecule has 1 heterocycles. The maximum atomic E-state index is 13.7. The Labute approximate surface area is 160 Å². The Balaban J connectivity index is 1.70. The minimum absolute atomic E-state index is 0.188. The van der Waals surface area contributed by atoms with Crippen LogP contribution in [0.1, 0.15) is 46.2 Å². The molecule has 3 heteroatoms. The molecule has 1 N–H and O–H groups in total. The van der Waals surface area contributed by atoms with E-state index in [1.54, 1.807) is 22.6 Å². The molecule has 0 unspecified atom stereocenters. The van der Waals surface area contributed by atoms with Gasteiger partial charge in [-0.3, -0.25) is 0 Å². The van der Waals surface area contributed by atoms with E-state index in [0.717, 1.165) is 5.70 Å². The second-order valence-electron chi connectivity index (χ2n) is 6.69. The standard InChI is InChI=1S/C23H26FNS/c1-4-18(23-17(3)26-22-12-8-6-10-20(22)23)14-13-16(2)25-15-19-9-5-7-11-21(19)24/h4-5,7,9,11,13-14,25H,2,6,8,10,12,15H2,1,3H3/b14-13-,18-4+. The highest BCUT2D eigenvalue weighted by molar-refractivity contribution is 7.12. The zero-order valence-corrected chi connectivity index (χ0v) is 16.4. The fourth-order valence-electron chi connectivity index (χ4n) is 3.50. The molecule has 1 nitrogen and oxygen atoms in total. The van der Waals surface area contributed by atoms with E-state index in [4.69, 9.17) is 0 Å². The zero-order valence-electron chi connectivity index (χ0n) is 15.6. The normalized spacial score (nSPS) is 14.5. The molecule has 0 fully saturated rings. The Kier molecular flexibility index (Phi) is 6.10. The number of rotatable bonds is 6. The summed E-state index contributed by atoms with van der Waals surface area (Å²) in [5.41, 5.74) is 5.63. The van der Waals surface area contributed by atoms with Gasteiger partial charge in [-0.1, -0.05) is 36.9 Å². The lowest BCUT2D eigenvalue weighted by molar-refractivity contribution is 0.602. The van der Waals surface area contributed by atoms with Crippen molar-refractivity contribution in [3.05, 3.63) is 87.0 Å². The van der Waals surface area contributed by atoms with Crippen LogP contribution in [0.5, 0.6) is 0 Å². The number of nitrogens with one attached hydrogen (secondary N) is 1. The molecule has 26 heavy (non-hydrogen) atoms. The fraction of sp³-hybridized carbons (Fsp3) is 0.304. The monoisotopic (exact) mass is 367 g/mol. The van der Waals surface area contributed by atoms with Crippen molar-refractivity contribution in [1.82, 2.24) is 5.32 Å². The molecule has 0 amide bonds. The molecule has 0 radical (unpaired) electrons. The van der Waals surface area contributed by atoms with Gasteiger partial charge in [-0.2, -0.15) is 0 Å². The lowest BCUT2D eigenvalue weighted by atomic mass is 9.91. The summed E-state index contributed by atoms with van der Waals surface area (Å²) in [6.45, 7) is 8.80. The minimum atomic E-state index is -0.188. The van der Waals surface area contributed by atoms with Gasteiger partial charge >= 0.3 is 0 Å². The summed E-state index contributed by atoms with van der Waals surface area (Å²) in [5.74, 6) is -0.188. The zero-order chi connectivity index (χ0) is 18.5. The van der Waals surface area contributed by atoms with Crippen LogP contribution in [0.25, 0.3) is 5.57 Å². The highest BCUT2D eigenvalue weighted by atomic mass is 32.1. The Bertz CT molecular complexity index is 857. The topological polar surface area (TPSA) is 12.0 Å². The van der Waals surface area contributed by atoms with Gasteiger partial charge in [-0.15, -0.1) is 11.3 Å². The van der Waals surface area contributed by atoms with Crippen molar-refractivity contribution in [2.45, 2.75) is 46.1 Å². The van der Waals surface area contributed by atoms with Gasteiger partial charge in [0.1, 0.15) is 5.82 Å². The first kappa shape index (κ1) is 18.7. The number of allylic oxidation sites excluding steroid dienone is 4. The molecule has 1 aliphatic rings. The minimum Gasteiger partial charge on any atom is -0.381 e. The lowest BCUT2D eigenvalue weighted by Crippen LogP contribution is -2.11. The van der Waals surface area contributed by atoms with Crippen molar-refractivity contribution in [3.63, 3.8) is 0 Å².